The van der Waals surface area contributed by atoms with Gasteiger partial charge in [-0.25, -0.2) is 4.39 Å². The first-order chi connectivity index (χ1) is 9.51. The standard InChI is InChI=1S/C15H16FN3O/c1-10(2)20-15-14(18)7-13(8-17)19(15)9-11-4-3-5-12(16)6-11/h3-7,10H,9,18H2,1-2H3. The molecule has 2 aromatic rings. The highest BCUT2D eigenvalue weighted by atomic mass is 19.1. The summed E-state index contributed by atoms with van der Waals surface area (Å²) in [5.41, 5.74) is 7.42. The number of anilines is 1. The maximum atomic E-state index is 13.2. The van der Waals surface area contributed by atoms with E-state index in [9.17, 15) is 4.39 Å². The third kappa shape index (κ3) is 2.91. The Bertz CT molecular complexity index is 656. The van der Waals surface area contributed by atoms with E-state index in [1.54, 1.807) is 22.8 Å². The molecule has 0 amide bonds. The molecule has 2 rings (SSSR count). The first kappa shape index (κ1) is 13.9. The Hall–Kier alpha value is -2.48. The van der Waals surface area contributed by atoms with Crippen LogP contribution in [0.15, 0.2) is 30.3 Å². The number of aromatic nitrogens is 1. The smallest absolute Gasteiger partial charge is 0.219 e. The molecule has 1 aromatic heterocycles. The van der Waals surface area contributed by atoms with E-state index < -0.39 is 0 Å². The molecule has 1 heterocycles. The average molecular weight is 273 g/mol. The molecular weight excluding hydrogens is 257 g/mol. The number of hydrogen-bond acceptors (Lipinski definition) is 3. The molecule has 0 saturated heterocycles. The lowest BCUT2D eigenvalue weighted by atomic mass is 10.2. The fourth-order valence-electron chi connectivity index (χ4n) is 1.97. The Morgan fingerprint density at radius 2 is 2.15 bits per heavy atom. The van der Waals surface area contributed by atoms with Crippen molar-refractivity contribution in [3.63, 3.8) is 0 Å². The largest absolute Gasteiger partial charge is 0.475 e. The maximum Gasteiger partial charge on any atom is 0.219 e. The number of ether oxygens (including phenoxy) is 1. The molecule has 104 valence electrons. The van der Waals surface area contributed by atoms with Crippen LogP contribution in [0.5, 0.6) is 5.88 Å². The van der Waals surface area contributed by atoms with E-state index in [-0.39, 0.29) is 11.9 Å². The SMILES string of the molecule is CC(C)Oc1c(N)cc(C#N)n1Cc1cccc(F)c1. The van der Waals surface area contributed by atoms with Crippen molar-refractivity contribution in [2.24, 2.45) is 0 Å². The summed E-state index contributed by atoms with van der Waals surface area (Å²) in [4.78, 5) is 0. The van der Waals surface area contributed by atoms with Gasteiger partial charge in [-0.15, -0.1) is 0 Å². The summed E-state index contributed by atoms with van der Waals surface area (Å²) in [5, 5.41) is 9.17. The van der Waals surface area contributed by atoms with Crippen LogP contribution in [0.4, 0.5) is 10.1 Å². The topological polar surface area (TPSA) is 64.0 Å². The van der Waals surface area contributed by atoms with Crippen LogP contribution in [0.25, 0.3) is 0 Å². The number of nitrogens with zero attached hydrogens (tertiary/aromatic N) is 2. The number of rotatable bonds is 4. The lowest BCUT2D eigenvalue weighted by Gasteiger charge is -2.15. The average Bonchev–Trinajstić information content (AvgIpc) is 2.66. The van der Waals surface area contributed by atoms with E-state index in [0.29, 0.717) is 23.8 Å². The summed E-state index contributed by atoms with van der Waals surface area (Å²) < 4.78 is 20.5. The Kier molecular flexibility index (Phi) is 3.94. The number of nitrogens with two attached hydrogens (primary N) is 1. The minimum Gasteiger partial charge on any atom is -0.475 e. The van der Waals surface area contributed by atoms with Gasteiger partial charge in [-0.05, 0) is 31.5 Å². The van der Waals surface area contributed by atoms with E-state index in [4.69, 9.17) is 15.7 Å². The number of hydrogen-bond donors (Lipinski definition) is 1. The quantitative estimate of drug-likeness (QED) is 0.931. The van der Waals surface area contributed by atoms with Gasteiger partial charge in [0.2, 0.25) is 5.88 Å². The molecule has 0 aliphatic carbocycles. The van der Waals surface area contributed by atoms with Gasteiger partial charge in [0.15, 0.2) is 0 Å². The summed E-state index contributed by atoms with van der Waals surface area (Å²) in [6.07, 6.45) is -0.0648. The summed E-state index contributed by atoms with van der Waals surface area (Å²) >= 11 is 0. The normalized spacial score (nSPS) is 10.6. The van der Waals surface area contributed by atoms with Crippen LogP contribution >= 0.6 is 0 Å². The van der Waals surface area contributed by atoms with Crippen molar-refractivity contribution in [2.45, 2.75) is 26.5 Å². The molecule has 0 spiro atoms. The Labute approximate surface area is 117 Å². The predicted octanol–water partition coefficient (Wildman–Crippen LogP) is 2.92. The number of nitrogen functional groups attached to an aromatic ring is 1. The molecule has 0 saturated carbocycles. The van der Waals surface area contributed by atoms with Crippen LogP contribution in [0.2, 0.25) is 0 Å². The molecule has 2 N–H and O–H groups in total. The van der Waals surface area contributed by atoms with Gasteiger partial charge in [0.05, 0.1) is 18.3 Å². The number of nitriles is 1. The Morgan fingerprint density at radius 3 is 2.75 bits per heavy atom. The predicted molar refractivity (Wildman–Crippen MR) is 74.8 cm³/mol. The monoisotopic (exact) mass is 273 g/mol. The van der Waals surface area contributed by atoms with E-state index in [0.717, 1.165) is 5.56 Å². The molecule has 4 nitrogen and oxygen atoms in total. The molecule has 0 fully saturated rings. The lowest BCUT2D eigenvalue weighted by Crippen LogP contribution is -2.13. The van der Waals surface area contributed by atoms with Crippen molar-refractivity contribution >= 4 is 5.69 Å². The summed E-state index contributed by atoms with van der Waals surface area (Å²) in [5.74, 6) is 0.133. The van der Waals surface area contributed by atoms with Gasteiger partial charge >= 0.3 is 0 Å². The van der Waals surface area contributed by atoms with Gasteiger partial charge < -0.3 is 10.5 Å². The molecule has 20 heavy (non-hydrogen) atoms. The Balaban J connectivity index is 2.41. The van der Waals surface area contributed by atoms with Gasteiger partial charge in [0, 0.05) is 6.07 Å². The molecule has 0 radical (unpaired) electrons. The fraction of sp³-hybridized carbons (Fsp3) is 0.267. The highest BCUT2D eigenvalue weighted by Gasteiger charge is 2.16. The van der Waals surface area contributed by atoms with Crippen molar-refractivity contribution in [1.29, 1.82) is 5.26 Å². The second-order valence-electron chi connectivity index (χ2n) is 4.78. The molecule has 0 atom stereocenters. The third-order valence-corrected chi connectivity index (χ3v) is 2.77. The van der Waals surface area contributed by atoms with Crippen molar-refractivity contribution in [2.75, 3.05) is 5.73 Å². The first-order valence-electron chi connectivity index (χ1n) is 6.31. The van der Waals surface area contributed by atoms with Gasteiger partial charge in [0.1, 0.15) is 17.6 Å². The summed E-state index contributed by atoms with van der Waals surface area (Å²) in [6, 6.07) is 9.87. The molecule has 0 aliphatic rings. The maximum absolute atomic E-state index is 13.2. The van der Waals surface area contributed by atoms with Gasteiger partial charge in [0.25, 0.3) is 0 Å². The molecule has 5 heteroatoms. The van der Waals surface area contributed by atoms with Crippen LogP contribution in [-0.2, 0) is 6.54 Å². The first-order valence-corrected chi connectivity index (χ1v) is 6.31. The zero-order chi connectivity index (χ0) is 14.7. The molecular formula is C15H16FN3O. The van der Waals surface area contributed by atoms with Gasteiger partial charge in [-0.3, -0.25) is 4.57 Å². The van der Waals surface area contributed by atoms with Crippen molar-refractivity contribution < 1.29 is 9.13 Å². The van der Waals surface area contributed by atoms with Crippen molar-refractivity contribution in [3.05, 3.63) is 47.4 Å². The van der Waals surface area contributed by atoms with E-state index in [1.807, 2.05) is 13.8 Å². The molecule has 1 aromatic carbocycles. The van der Waals surface area contributed by atoms with Crippen LogP contribution in [-0.4, -0.2) is 10.7 Å². The second-order valence-corrected chi connectivity index (χ2v) is 4.78. The second kappa shape index (κ2) is 5.66. The van der Waals surface area contributed by atoms with Crippen LogP contribution < -0.4 is 10.5 Å². The van der Waals surface area contributed by atoms with E-state index >= 15 is 0 Å². The van der Waals surface area contributed by atoms with Gasteiger partial charge in [-0.1, -0.05) is 12.1 Å². The van der Waals surface area contributed by atoms with E-state index in [2.05, 4.69) is 6.07 Å². The van der Waals surface area contributed by atoms with E-state index in [1.165, 1.54) is 12.1 Å². The minimum atomic E-state index is -0.313. The van der Waals surface area contributed by atoms with Gasteiger partial charge in [-0.2, -0.15) is 5.26 Å². The van der Waals surface area contributed by atoms with Crippen molar-refractivity contribution in [1.82, 2.24) is 4.57 Å². The zero-order valence-corrected chi connectivity index (χ0v) is 11.4. The van der Waals surface area contributed by atoms with Crippen LogP contribution in [0.3, 0.4) is 0 Å². The Morgan fingerprint density at radius 1 is 1.40 bits per heavy atom. The summed E-state index contributed by atoms with van der Waals surface area (Å²) in [7, 11) is 0. The molecule has 0 bridgehead atoms. The zero-order valence-electron chi connectivity index (χ0n) is 11.4. The third-order valence-electron chi connectivity index (χ3n) is 2.77. The highest BCUT2D eigenvalue weighted by Crippen LogP contribution is 2.28. The van der Waals surface area contributed by atoms with Crippen LogP contribution in [0, 0.1) is 17.1 Å². The molecule has 0 aliphatic heterocycles. The van der Waals surface area contributed by atoms with Crippen molar-refractivity contribution in [3.8, 4) is 11.9 Å². The number of benzene rings is 1. The molecule has 0 unspecified atom stereocenters. The van der Waals surface area contributed by atoms with Crippen LogP contribution in [0.1, 0.15) is 25.1 Å². The highest BCUT2D eigenvalue weighted by molar-refractivity contribution is 5.55. The lowest BCUT2D eigenvalue weighted by molar-refractivity contribution is 0.224. The number of halogens is 1. The fourth-order valence-corrected chi connectivity index (χ4v) is 1.97. The summed E-state index contributed by atoms with van der Waals surface area (Å²) in [6.45, 7) is 4.09. The minimum absolute atomic E-state index is 0.0648.